The second kappa shape index (κ2) is 10.1. The molecule has 3 N–H and O–H groups in total. The normalized spacial score (nSPS) is 39.3. The van der Waals surface area contributed by atoms with Crippen LogP contribution in [0.3, 0.4) is 0 Å². The topological polar surface area (TPSA) is 60.7 Å². The van der Waals surface area contributed by atoms with Crippen LogP contribution in [0.4, 0.5) is 0 Å². The second-order valence-electron chi connectivity index (χ2n) is 10.9. The van der Waals surface area contributed by atoms with Crippen molar-refractivity contribution >= 4 is 0 Å². The minimum absolute atomic E-state index is 0.307. The Labute approximate surface area is 184 Å². The van der Waals surface area contributed by atoms with Gasteiger partial charge in [-0.1, -0.05) is 57.9 Å². The fraction of sp³-hybridized carbons (Fsp3) is 0.778. The molecule has 0 heterocycles. The molecule has 0 aromatic heterocycles. The molecule has 0 bridgehead atoms. The summed E-state index contributed by atoms with van der Waals surface area (Å²) < 4.78 is 0. The predicted octanol–water partition coefficient (Wildman–Crippen LogP) is 5.56. The van der Waals surface area contributed by atoms with E-state index in [0.29, 0.717) is 36.7 Å². The van der Waals surface area contributed by atoms with E-state index in [1.54, 1.807) is 5.57 Å². The molecule has 3 nitrogen and oxygen atoms in total. The fourth-order valence-corrected chi connectivity index (χ4v) is 6.76. The summed E-state index contributed by atoms with van der Waals surface area (Å²) in [4.78, 5) is 0. The minimum Gasteiger partial charge on any atom is -0.396 e. The van der Waals surface area contributed by atoms with E-state index in [1.807, 2.05) is 0 Å². The Balaban J connectivity index is 1.69. The quantitative estimate of drug-likeness (QED) is 0.509. The first-order valence-corrected chi connectivity index (χ1v) is 12.3. The van der Waals surface area contributed by atoms with Gasteiger partial charge in [-0.05, 0) is 85.2 Å². The van der Waals surface area contributed by atoms with Crippen molar-refractivity contribution in [3.05, 3.63) is 35.5 Å². The highest BCUT2D eigenvalue weighted by Gasteiger charge is 2.50. The van der Waals surface area contributed by atoms with E-state index in [4.69, 9.17) is 0 Å². The number of allylic oxidation sites excluding steroid dienone is 3. The van der Waals surface area contributed by atoms with Crippen molar-refractivity contribution in [1.29, 1.82) is 0 Å². The molecule has 3 saturated carbocycles. The van der Waals surface area contributed by atoms with Crippen LogP contribution < -0.4 is 0 Å². The van der Waals surface area contributed by atoms with Crippen molar-refractivity contribution < 1.29 is 15.3 Å². The highest BCUT2D eigenvalue weighted by Crippen LogP contribution is 2.59. The van der Waals surface area contributed by atoms with E-state index >= 15 is 0 Å². The number of hydrogen-bond donors (Lipinski definition) is 3. The summed E-state index contributed by atoms with van der Waals surface area (Å²) in [6.45, 7) is 11.5. The molecule has 0 saturated heterocycles. The molecule has 3 aliphatic carbocycles. The van der Waals surface area contributed by atoms with Crippen LogP contribution in [0.25, 0.3) is 0 Å². The fourth-order valence-electron chi connectivity index (χ4n) is 6.76. The molecular formula is C27H44O3. The van der Waals surface area contributed by atoms with E-state index < -0.39 is 12.2 Å². The maximum atomic E-state index is 10.1. The van der Waals surface area contributed by atoms with Gasteiger partial charge in [0, 0.05) is 13.0 Å². The molecule has 3 fully saturated rings. The van der Waals surface area contributed by atoms with E-state index in [1.165, 1.54) is 44.9 Å². The first-order valence-electron chi connectivity index (χ1n) is 12.3. The summed E-state index contributed by atoms with van der Waals surface area (Å²) in [5.74, 6) is 2.62. The van der Waals surface area contributed by atoms with Crippen molar-refractivity contribution in [2.24, 2.45) is 29.1 Å². The van der Waals surface area contributed by atoms with E-state index in [0.717, 1.165) is 29.4 Å². The van der Waals surface area contributed by atoms with E-state index in [9.17, 15) is 15.3 Å². The molecule has 170 valence electrons. The van der Waals surface area contributed by atoms with Crippen LogP contribution in [0.2, 0.25) is 0 Å². The number of hydrogen-bond acceptors (Lipinski definition) is 3. The zero-order valence-corrected chi connectivity index (χ0v) is 19.4. The van der Waals surface area contributed by atoms with Crippen LogP contribution >= 0.6 is 0 Å². The molecule has 30 heavy (non-hydrogen) atoms. The average molecular weight is 417 g/mol. The molecule has 3 heteroatoms. The molecule has 0 amide bonds. The zero-order chi connectivity index (χ0) is 21.9. The first-order chi connectivity index (χ1) is 14.3. The van der Waals surface area contributed by atoms with Gasteiger partial charge < -0.3 is 15.3 Å². The van der Waals surface area contributed by atoms with Crippen LogP contribution in [-0.2, 0) is 0 Å². The summed E-state index contributed by atoms with van der Waals surface area (Å²) in [7, 11) is 0. The molecule has 7 atom stereocenters. The monoisotopic (exact) mass is 416 g/mol. The zero-order valence-electron chi connectivity index (χ0n) is 19.4. The molecule has 0 spiro atoms. The van der Waals surface area contributed by atoms with Gasteiger partial charge in [0.2, 0.25) is 0 Å². The molecule has 0 aromatic rings. The lowest BCUT2D eigenvalue weighted by Gasteiger charge is -2.44. The SMILES string of the molecule is C=C1/C(=C\C=C2/CCC[C@]3(C)[C@@H]2CC[C@H]3[C@@H](C)CCCC(C)CO)C[C@H](O)C[C@H]1O. The Morgan fingerprint density at radius 1 is 1.17 bits per heavy atom. The van der Waals surface area contributed by atoms with Crippen molar-refractivity contribution in [2.75, 3.05) is 6.61 Å². The standard InChI is InChI=1S/C27H44O3/c1-18(17-28)7-5-8-19(2)24-12-13-25-21(9-6-14-27(24,25)4)10-11-22-15-23(29)16-26(30)20(22)3/h10-11,18-19,23-26,28-30H,3,5-9,12-17H2,1-2,4H3/b21-10+,22-11-/t18?,19-,23-,24-,25+,26+,27-/m0/s1. The highest BCUT2D eigenvalue weighted by molar-refractivity contribution is 5.38. The van der Waals surface area contributed by atoms with Crippen LogP contribution in [0.5, 0.6) is 0 Å². The molecule has 0 aliphatic heterocycles. The van der Waals surface area contributed by atoms with Gasteiger partial charge in [-0.25, -0.2) is 0 Å². The Bertz CT molecular complexity index is 663. The smallest absolute Gasteiger partial charge is 0.0811 e. The van der Waals surface area contributed by atoms with Gasteiger partial charge in [-0.15, -0.1) is 0 Å². The van der Waals surface area contributed by atoms with Crippen LogP contribution in [0.15, 0.2) is 35.5 Å². The number of aliphatic hydroxyl groups excluding tert-OH is 3. The summed E-state index contributed by atoms with van der Waals surface area (Å²) in [6, 6.07) is 0. The van der Waals surface area contributed by atoms with Crippen molar-refractivity contribution in [1.82, 2.24) is 0 Å². The largest absolute Gasteiger partial charge is 0.396 e. The lowest BCUT2D eigenvalue weighted by atomic mass is 9.60. The molecule has 0 aromatic carbocycles. The minimum atomic E-state index is -0.611. The third-order valence-corrected chi connectivity index (χ3v) is 8.66. The first kappa shape index (κ1) is 23.8. The maximum absolute atomic E-state index is 10.1. The molecule has 1 unspecified atom stereocenters. The van der Waals surface area contributed by atoms with Gasteiger partial charge in [-0.3, -0.25) is 0 Å². The lowest BCUT2D eigenvalue weighted by Crippen LogP contribution is -2.36. The Morgan fingerprint density at radius 2 is 1.93 bits per heavy atom. The third-order valence-electron chi connectivity index (χ3n) is 8.66. The van der Waals surface area contributed by atoms with Crippen LogP contribution in [0, 0.1) is 29.1 Å². The van der Waals surface area contributed by atoms with Gasteiger partial charge in [0.1, 0.15) is 0 Å². The van der Waals surface area contributed by atoms with Gasteiger partial charge in [0.15, 0.2) is 0 Å². The van der Waals surface area contributed by atoms with Crippen molar-refractivity contribution in [2.45, 2.75) is 97.2 Å². The highest BCUT2D eigenvalue weighted by atomic mass is 16.3. The van der Waals surface area contributed by atoms with E-state index in [2.05, 4.69) is 39.5 Å². The maximum Gasteiger partial charge on any atom is 0.0811 e. The predicted molar refractivity (Wildman–Crippen MR) is 124 cm³/mol. The van der Waals surface area contributed by atoms with E-state index in [-0.39, 0.29) is 0 Å². The average Bonchev–Trinajstić information content (AvgIpc) is 3.06. The summed E-state index contributed by atoms with van der Waals surface area (Å²) in [5, 5.41) is 29.4. The summed E-state index contributed by atoms with van der Waals surface area (Å²) >= 11 is 0. The summed E-state index contributed by atoms with van der Waals surface area (Å²) in [6.07, 6.45) is 14.4. The Kier molecular flexibility index (Phi) is 8.03. The molecule has 3 aliphatic rings. The Morgan fingerprint density at radius 3 is 2.67 bits per heavy atom. The Hall–Kier alpha value is -0.900. The van der Waals surface area contributed by atoms with Crippen LogP contribution in [-0.4, -0.2) is 34.1 Å². The number of rotatable bonds is 7. The van der Waals surface area contributed by atoms with Crippen molar-refractivity contribution in [3.63, 3.8) is 0 Å². The summed E-state index contributed by atoms with van der Waals surface area (Å²) in [5.41, 5.74) is 3.77. The van der Waals surface area contributed by atoms with Gasteiger partial charge in [-0.2, -0.15) is 0 Å². The van der Waals surface area contributed by atoms with Crippen molar-refractivity contribution in [3.8, 4) is 0 Å². The second-order valence-corrected chi connectivity index (χ2v) is 10.9. The number of aliphatic hydroxyl groups is 3. The number of fused-ring (bicyclic) bond motifs is 1. The molecular weight excluding hydrogens is 372 g/mol. The van der Waals surface area contributed by atoms with Gasteiger partial charge >= 0.3 is 0 Å². The molecule has 0 radical (unpaired) electrons. The van der Waals surface area contributed by atoms with Gasteiger partial charge in [0.05, 0.1) is 12.2 Å². The lowest BCUT2D eigenvalue weighted by molar-refractivity contribution is 0.0861. The van der Waals surface area contributed by atoms with Crippen LogP contribution in [0.1, 0.15) is 85.0 Å². The molecule has 3 rings (SSSR count). The third kappa shape index (κ3) is 5.11. The van der Waals surface area contributed by atoms with Gasteiger partial charge in [0.25, 0.3) is 0 Å².